The topological polar surface area (TPSA) is 110 Å². The van der Waals surface area contributed by atoms with Crippen LogP contribution in [0.5, 0.6) is 0 Å². The van der Waals surface area contributed by atoms with Gasteiger partial charge in [0, 0.05) is 17.4 Å². The number of methoxy groups -OCH3 is 2. The zero-order valence-corrected chi connectivity index (χ0v) is 19.2. The molecule has 0 unspecified atom stereocenters. The molecule has 0 aromatic rings. The average molecular weight is 405 g/mol. The van der Waals surface area contributed by atoms with Crippen LogP contribution in [0.4, 0.5) is 0 Å². The number of aliphatic hydroxyl groups is 2. The highest BCUT2D eigenvalue weighted by atomic mass is 16.5. The van der Waals surface area contributed by atoms with Crippen molar-refractivity contribution in [3.8, 4) is 0 Å². The van der Waals surface area contributed by atoms with Gasteiger partial charge in [-0.2, -0.15) is 0 Å². The second kappa shape index (κ2) is 15.2. The third-order valence-electron chi connectivity index (χ3n) is 3.81. The number of carbonyl (C=O) groups is 3. The number of hydrogen-bond donors (Lipinski definition) is 2. The van der Waals surface area contributed by atoms with Crippen LogP contribution in [-0.4, -0.2) is 53.9 Å². The van der Waals surface area contributed by atoms with Crippen LogP contribution in [0.1, 0.15) is 74.7 Å². The van der Waals surface area contributed by atoms with Gasteiger partial charge in [-0.15, -0.1) is 0 Å². The molecule has 0 aromatic carbocycles. The van der Waals surface area contributed by atoms with E-state index < -0.39 is 17.7 Å². The van der Waals surface area contributed by atoms with Gasteiger partial charge < -0.3 is 19.7 Å². The monoisotopic (exact) mass is 404 g/mol. The summed E-state index contributed by atoms with van der Waals surface area (Å²) >= 11 is 0. The van der Waals surface area contributed by atoms with E-state index in [9.17, 15) is 19.5 Å². The van der Waals surface area contributed by atoms with E-state index in [1.54, 1.807) is 13.8 Å². The number of carbonyl (C=O) groups excluding carboxylic acids is 3. The van der Waals surface area contributed by atoms with Crippen LogP contribution >= 0.6 is 0 Å². The third kappa shape index (κ3) is 13.4. The molecular weight excluding hydrogens is 364 g/mol. The van der Waals surface area contributed by atoms with Crippen molar-refractivity contribution >= 4 is 17.7 Å². The fourth-order valence-corrected chi connectivity index (χ4v) is 1.82. The summed E-state index contributed by atoms with van der Waals surface area (Å²) in [4.78, 5) is 32.2. The Bertz CT molecular complexity index is 499. The minimum absolute atomic E-state index is 0.130. The normalized spacial score (nSPS) is 14.2. The Morgan fingerprint density at radius 1 is 1.00 bits per heavy atom. The van der Waals surface area contributed by atoms with Crippen molar-refractivity contribution in [3.63, 3.8) is 0 Å². The minimum atomic E-state index is -1.79. The van der Waals surface area contributed by atoms with Crippen molar-refractivity contribution in [1.29, 1.82) is 0 Å². The lowest BCUT2D eigenvalue weighted by Crippen LogP contribution is -2.47. The van der Waals surface area contributed by atoms with E-state index in [1.165, 1.54) is 21.1 Å². The SMILES string of the molecule is CC/C=C(\C)C(=O)OC.CCC(=O)C(C)(C)C.CC[C@@H](O)[C@](C)(O)C(=O)OC. The summed E-state index contributed by atoms with van der Waals surface area (Å²) in [5.74, 6) is -0.721. The highest BCUT2D eigenvalue weighted by Crippen LogP contribution is 2.15. The number of aliphatic hydroxyl groups excluding tert-OH is 1. The second-order valence-electron chi connectivity index (χ2n) is 7.38. The highest BCUT2D eigenvalue weighted by molar-refractivity contribution is 5.87. The van der Waals surface area contributed by atoms with E-state index in [-0.39, 0.29) is 11.4 Å². The van der Waals surface area contributed by atoms with Crippen LogP contribution in [0.15, 0.2) is 11.6 Å². The van der Waals surface area contributed by atoms with Crippen LogP contribution in [0.3, 0.4) is 0 Å². The third-order valence-corrected chi connectivity index (χ3v) is 3.81. The van der Waals surface area contributed by atoms with E-state index in [0.717, 1.165) is 6.42 Å². The summed E-state index contributed by atoms with van der Waals surface area (Å²) in [7, 11) is 2.55. The molecule has 2 atom stereocenters. The van der Waals surface area contributed by atoms with Crippen LogP contribution in [0.25, 0.3) is 0 Å². The molecule has 0 aliphatic heterocycles. The van der Waals surface area contributed by atoms with Crippen molar-refractivity contribution in [2.75, 3.05) is 14.2 Å². The maximum Gasteiger partial charge on any atom is 0.340 e. The molecule has 28 heavy (non-hydrogen) atoms. The molecule has 166 valence electrons. The Morgan fingerprint density at radius 2 is 1.46 bits per heavy atom. The van der Waals surface area contributed by atoms with Gasteiger partial charge in [0.1, 0.15) is 5.78 Å². The summed E-state index contributed by atoms with van der Waals surface area (Å²) in [6.45, 7) is 14.3. The molecule has 7 heteroatoms. The molecule has 7 nitrogen and oxygen atoms in total. The lowest BCUT2D eigenvalue weighted by Gasteiger charge is -2.24. The largest absolute Gasteiger partial charge is 0.467 e. The van der Waals surface area contributed by atoms with Gasteiger partial charge in [0.25, 0.3) is 0 Å². The molecule has 0 amide bonds. The Hall–Kier alpha value is -1.73. The van der Waals surface area contributed by atoms with Gasteiger partial charge in [-0.25, -0.2) is 9.59 Å². The van der Waals surface area contributed by atoms with Crippen molar-refractivity contribution < 1.29 is 34.1 Å². The second-order valence-corrected chi connectivity index (χ2v) is 7.38. The van der Waals surface area contributed by atoms with Gasteiger partial charge in [0.2, 0.25) is 0 Å². The number of allylic oxidation sites excluding steroid dienone is 1. The van der Waals surface area contributed by atoms with E-state index in [0.29, 0.717) is 24.2 Å². The zero-order chi connectivity index (χ0) is 23.1. The van der Waals surface area contributed by atoms with E-state index in [4.69, 9.17) is 5.11 Å². The molecule has 0 rings (SSSR count). The molecule has 0 bridgehead atoms. The van der Waals surface area contributed by atoms with Gasteiger partial charge in [-0.1, -0.05) is 47.6 Å². The summed E-state index contributed by atoms with van der Waals surface area (Å²) in [5, 5.41) is 18.5. The first kappa shape index (κ1) is 31.0. The summed E-state index contributed by atoms with van der Waals surface area (Å²) in [6, 6.07) is 0. The maximum absolute atomic E-state index is 10.8. The number of ketones is 1. The Kier molecular flexibility index (Phi) is 16.8. The van der Waals surface area contributed by atoms with Crippen molar-refractivity contribution in [1.82, 2.24) is 0 Å². The predicted octanol–water partition coefficient (Wildman–Crippen LogP) is 3.21. The predicted molar refractivity (Wildman–Crippen MR) is 110 cm³/mol. The number of hydrogen-bond acceptors (Lipinski definition) is 7. The van der Waals surface area contributed by atoms with Gasteiger partial charge in [0.05, 0.1) is 20.3 Å². The number of rotatable bonds is 6. The molecule has 0 spiro atoms. The highest BCUT2D eigenvalue weighted by Gasteiger charge is 2.38. The Labute approximate surface area is 170 Å². The first-order valence-corrected chi connectivity index (χ1v) is 9.44. The molecule has 0 saturated heterocycles. The molecule has 0 aliphatic rings. The van der Waals surface area contributed by atoms with Crippen LogP contribution in [0, 0.1) is 5.41 Å². The fourth-order valence-electron chi connectivity index (χ4n) is 1.82. The lowest BCUT2D eigenvalue weighted by molar-refractivity contribution is -0.172. The van der Waals surface area contributed by atoms with Crippen molar-refractivity contribution in [3.05, 3.63) is 11.6 Å². The molecule has 0 aromatic heterocycles. The van der Waals surface area contributed by atoms with Gasteiger partial charge in [-0.05, 0) is 26.7 Å². The molecule has 0 fully saturated rings. The Morgan fingerprint density at radius 3 is 1.68 bits per heavy atom. The molecular formula is C21H40O7. The van der Waals surface area contributed by atoms with Crippen LogP contribution < -0.4 is 0 Å². The standard InChI is InChI=1S/C7H14O4.C7H12O2.C7H14O/c1-4-5(8)7(2,10)6(9)11-3;1-4-5-6(2)7(8)9-3;1-5-6(8)7(2,3)4/h5,8,10H,4H2,1-3H3;5H,4H2,1-3H3;5H2,1-4H3/b;6-5+;/t5-,7+;;/m1../s1. The molecule has 0 heterocycles. The van der Waals surface area contributed by atoms with Gasteiger partial charge >= 0.3 is 11.9 Å². The number of Topliss-reactive ketones (excluding diaryl/α,β-unsaturated/α-hetero) is 1. The smallest absolute Gasteiger partial charge is 0.340 e. The van der Waals surface area contributed by atoms with E-state index in [1.807, 2.05) is 40.7 Å². The van der Waals surface area contributed by atoms with Crippen LogP contribution in [-0.2, 0) is 23.9 Å². The van der Waals surface area contributed by atoms with Crippen LogP contribution in [0.2, 0.25) is 0 Å². The number of esters is 2. The summed E-state index contributed by atoms with van der Waals surface area (Å²) in [6.07, 6.45) is 2.60. The van der Waals surface area contributed by atoms with Crippen molar-refractivity contribution in [2.24, 2.45) is 5.41 Å². The van der Waals surface area contributed by atoms with E-state index in [2.05, 4.69) is 9.47 Å². The first-order chi connectivity index (χ1) is 12.7. The van der Waals surface area contributed by atoms with Crippen molar-refractivity contribution in [2.45, 2.75) is 86.4 Å². The molecule has 0 aliphatic carbocycles. The molecule has 2 N–H and O–H groups in total. The van der Waals surface area contributed by atoms with Gasteiger partial charge in [0.15, 0.2) is 5.60 Å². The van der Waals surface area contributed by atoms with Gasteiger partial charge in [-0.3, -0.25) is 4.79 Å². The molecule has 0 radical (unpaired) electrons. The van der Waals surface area contributed by atoms with E-state index >= 15 is 0 Å². The summed E-state index contributed by atoms with van der Waals surface area (Å²) < 4.78 is 8.75. The average Bonchev–Trinajstić information content (AvgIpc) is 2.65. The fraction of sp³-hybridized carbons (Fsp3) is 0.762. The summed E-state index contributed by atoms with van der Waals surface area (Å²) in [5.41, 5.74) is -1.24. The zero-order valence-electron chi connectivity index (χ0n) is 19.2. The minimum Gasteiger partial charge on any atom is -0.467 e. The Balaban J connectivity index is -0.000000340. The molecule has 0 saturated carbocycles. The first-order valence-electron chi connectivity index (χ1n) is 9.44. The number of ether oxygens (including phenoxy) is 2. The maximum atomic E-state index is 10.8. The lowest BCUT2D eigenvalue weighted by atomic mass is 9.90. The quantitative estimate of drug-likeness (QED) is 0.516.